The molecule has 220 valence electrons. The van der Waals surface area contributed by atoms with Gasteiger partial charge in [0.05, 0.1) is 0 Å². The number of halogens is 3. The first-order valence-electron chi connectivity index (χ1n) is 14.7. The Bertz CT molecular complexity index is 1080. The van der Waals surface area contributed by atoms with Gasteiger partial charge >= 0.3 is 5.51 Å². The maximum Gasteiger partial charge on any atom is 0.446 e. The Hall–Kier alpha value is -2.19. The van der Waals surface area contributed by atoms with Crippen molar-refractivity contribution in [3.63, 3.8) is 0 Å². The standard InChI is InChI=1S/C32H44F3N3OS/c1-31(2,3)27-11-13-28(14-12-27)37-20-6-18-36(21-22-37)17-5-8-30(39)38-19-4-7-26(24-38)23-25-9-15-29(16-10-25)40-32(33,34)35/h9-16,26H,4-8,17-24H2,1-3H3/t26-/m1/s1. The van der Waals surface area contributed by atoms with Crippen molar-refractivity contribution in [1.29, 1.82) is 0 Å². The molecular formula is C32H44F3N3OS. The van der Waals surface area contributed by atoms with Crippen LogP contribution >= 0.6 is 11.8 Å². The number of nitrogens with zero attached hydrogens (tertiary/aromatic N) is 3. The van der Waals surface area contributed by atoms with Crippen LogP contribution in [0.3, 0.4) is 0 Å². The van der Waals surface area contributed by atoms with Crippen LogP contribution in [0.25, 0.3) is 0 Å². The molecule has 0 aromatic heterocycles. The summed E-state index contributed by atoms with van der Waals surface area (Å²) in [6, 6.07) is 15.7. The Morgan fingerprint density at radius 3 is 2.30 bits per heavy atom. The number of carbonyl (C=O) groups excluding carboxylic acids is 1. The van der Waals surface area contributed by atoms with Gasteiger partial charge in [-0.25, -0.2) is 0 Å². The van der Waals surface area contributed by atoms with Gasteiger partial charge in [-0.15, -0.1) is 0 Å². The Labute approximate surface area is 242 Å². The van der Waals surface area contributed by atoms with E-state index in [1.54, 1.807) is 24.3 Å². The molecule has 8 heteroatoms. The third-order valence-electron chi connectivity index (χ3n) is 8.10. The number of benzene rings is 2. The van der Waals surface area contributed by atoms with Crippen molar-refractivity contribution in [2.45, 2.75) is 75.1 Å². The molecule has 0 N–H and O–H groups in total. The van der Waals surface area contributed by atoms with Crippen molar-refractivity contribution < 1.29 is 18.0 Å². The van der Waals surface area contributed by atoms with Gasteiger partial charge in [-0.1, -0.05) is 45.0 Å². The van der Waals surface area contributed by atoms with E-state index in [-0.39, 0.29) is 28.0 Å². The van der Waals surface area contributed by atoms with Crippen LogP contribution in [0.15, 0.2) is 53.4 Å². The van der Waals surface area contributed by atoms with E-state index in [1.807, 2.05) is 4.90 Å². The number of alkyl halides is 3. The van der Waals surface area contributed by atoms with Crippen molar-refractivity contribution in [2.24, 2.45) is 5.92 Å². The number of rotatable bonds is 8. The first-order valence-corrected chi connectivity index (χ1v) is 15.5. The van der Waals surface area contributed by atoms with Crippen molar-refractivity contribution in [3.05, 3.63) is 59.7 Å². The van der Waals surface area contributed by atoms with E-state index in [0.717, 1.165) is 83.5 Å². The molecule has 2 aliphatic rings. The monoisotopic (exact) mass is 575 g/mol. The first-order chi connectivity index (χ1) is 19.0. The minimum Gasteiger partial charge on any atom is -0.370 e. The lowest BCUT2D eigenvalue weighted by Gasteiger charge is -2.33. The number of hydrogen-bond acceptors (Lipinski definition) is 4. The maximum absolute atomic E-state index is 13.0. The normalized spacial score (nSPS) is 19.5. The summed E-state index contributed by atoms with van der Waals surface area (Å²) in [6.45, 7) is 13.4. The second-order valence-corrected chi connectivity index (χ2v) is 13.5. The van der Waals surface area contributed by atoms with E-state index in [9.17, 15) is 18.0 Å². The molecule has 4 rings (SSSR count). The zero-order valence-electron chi connectivity index (χ0n) is 24.2. The van der Waals surface area contributed by atoms with E-state index in [4.69, 9.17) is 0 Å². The number of piperidine rings is 1. The molecule has 0 saturated carbocycles. The largest absolute Gasteiger partial charge is 0.446 e. The highest BCUT2D eigenvalue weighted by molar-refractivity contribution is 8.00. The Balaban J connectivity index is 1.18. The van der Waals surface area contributed by atoms with Gasteiger partial charge in [0.1, 0.15) is 0 Å². The lowest BCUT2D eigenvalue weighted by molar-refractivity contribution is -0.133. The molecule has 0 radical (unpaired) electrons. The highest BCUT2D eigenvalue weighted by Crippen LogP contribution is 2.37. The van der Waals surface area contributed by atoms with Gasteiger partial charge in [-0.3, -0.25) is 4.79 Å². The number of likely N-dealkylation sites (tertiary alicyclic amines) is 1. The number of amides is 1. The number of hydrogen-bond donors (Lipinski definition) is 0. The third kappa shape index (κ3) is 9.44. The minimum atomic E-state index is -4.27. The Morgan fingerprint density at radius 2 is 1.62 bits per heavy atom. The molecular weight excluding hydrogens is 531 g/mol. The summed E-state index contributed by atoms with van der Waals surface area (Å²) in [6.07, 6.45) is 5.40. The second-order valence-electron chi connectivity index (χ2n) is 12.3. The predicted octanol–water partition coefficient (Wildman–Crippen LogP) is 7.37. The van der Waals surface area contributed by atoms with Crippen molar-refractivity contribution in [1.82, 2.24) is 9.80 Å². The molecule has 2 saturated heterocycles. The average Bonchev–Trinajstić information content (AvgIpc) is 3.14. The maximum atomic E-state index is 13.0. The fraction of sp³-hybridized carbons (Fsp3) is 0.594. The third-order valence-corrected chi connectivity index (χ3v) is 8.84. The van der Waals surface area contributed by atoms with Gasteiger partial charge in [0.25, 0.3) is 0 Å². The van der Waals surface area contributed by atoms with E-state index >= 15 is 0 Å². The molecule has 4 nitrogen and oxygen atoms in total. The van der Waals surface area contributed by atoms with E-state index < -0.39 is 5.51 Å². The van der Waals surface area contributed by atoms with Crippen LogP contribution in [0.2, 0.25) is 0 Å². The summed E-state index contributed by atoms with van der Waals surface area (Å²) in [5.74, 6) is 0.588. The van der Waals surface area contributed by atoms with Gasteiger partial charge in [0.15, 0.2) is 0 Å². The summed E-state index contributed by atoms with van der Waals surface area (Å²) in [4.78, 5) is 20.2. The lowest BCUT2D eigenvalue weighted by atomic mass is 9.87. The molecule has 2 aliphatic heterocycles. The Kier molecular flexibility index (Phi) is 10.5. The highest BCUT2D eigenvalue weighted by Gasteiger charge is 2.29. The summed E-state index contributed by atoms with van der Waals surface area (Å²) in [5, 5.41) is 0. The fourth-order valence-corrected chi connectivity index (χ4v) is 6.40. The number of carbonyl (C=O) groups is 1. The SMILES string of the molecule is CC(C)(C)c1ccc(N2CCCN(CCCC(=O)N3CCC[C@H](Cc4ccc(SC(F)(F)F)cc4)C3)CC2)cc1. The molecule has 2 fully saturated rings. The first kappa shape index (κ1) is 30.8. The number of anilines is 1. The molecule has 2 aromatic carbocycles. The van der Waals surface area contributed by atoms with Crippen LogP contribution in [0.1, 0.15) is 64.0 Å². The van der Waals surface area contributed by atoms with Gasteiger partial charge in [-0.2, -0.15) is 13.2 Å². The van der Waals surface area contributed by atoms with Gasteiger partial charge in [-0.05, 0) is 104 Å². The number of thioether (sulfide) groups is 1. The van der Waals surface area contributed by atoms with Crippen LogP contribution in [0.4, 0.5) is 18.9 Å². The molecule has 2 aromatic rings. The molecule has 0 aliphatic carbocycles. The fourth-order valence-electron chi connectivity index (χ4n) is 5.86. The average molecular weight is 576 g/mol. The molecule has 1 amide bonds. The van der Waals surface area contributed by atoms with Crippen LogP contribution in [0, 0.1) is 5.92 Å². The lowest BCUT2D eigenvalue weighted by Crippen LogP contribution is -2.40. The topological polar surface area (TPSA) is 26.8 Å². The van der Waals surface area contributed by atoms with Crippen LogP contribution < -0.4 is 4.90 Å². The van der Waals surface area contributed by atoms with Crippen LogP contribution in [-0.2, 0) is 16.6 Å². The van der Waals surface area contributed by atoms with Crippen molar-refractivity contribution >= 4 is 23.4 Å². The van der Waals surface area contributed by atoms with E-state index in [2.05, 4.69) is 54.8 Å². The van der Waals surface area contributed by atoms with Gasteiger partial charge < -0.3 is 14.7 Å². The Morgan fingerprint density at radius 1 is 0.900 bits per heavy atom. The molecule has 0 bridgehead atoms. The van der Waals surface area contributed by atoms with E-state index in [0.29, 0.717) is 12.3 Å². The van der Waals surface area contributed by atoms with Gasteiger partial charge in [0, 0.05) is 49.7 Å². The predicted molar refractivity (Wildman–Crippen MR) is 159 cm³/mol. The zero-order chi connectivity index (χ0) is 28.8. The van der Waals surface area contributed by atoms with Crippen LogP contribution in [-0.4, -0.2) is 67.0 Å². The van der Waals surface area contributed by atoms with E-state index in [1.165, 1.54) is 11.3 Å². The summed E-state index contributed by atoms with van der Waals surface area (Å²) in [7, 11) is 0. The minimum absolute atomic E-state index is 0.0800. The summed E-state index contributed by atoms with van der Waals surface area (Å²) in [5.41, 5.74) is -0.422. The summed E-state index contributed by atoms with van der Waals surface area (Å²) < 4.78 is 37.8. The molecule has 1 atom stereocenters. The molecule has 0 unspecified atom stereocenters. The highest BCUT2D eigenvalue weighted by atomic mass is 32.2. The molecule has 0 spiro atoms. The van der Waals surface area contributed by atoms with Crippen LogP contribution in [0.5, 0.6) is 0 Å². The molecule has 2 heterocycles. The van der Waals surface area contributed by atoms with Crippen molar-refractivity contribution in [2.75, 3.05) is 50.7 Å². The van der Waals surface area contributed by atoms with Crippen molar-refractivity contribution in [3.8, 4) is 0 Å². The second kappa shape index (κ2) is 13.6. The summed E-state index contributed by atoms with van der Waals surface area (Å²) >= 11 is -0.0800. The molecule has 40 heavy (non-hydrogen) atoms. The smallest absolute Gasteiger partial charge is 0.370 e. The zero-order valence-corrected chi connectivity index (χ0v) is 25.0. The van der Waals surface area contributed by atoms with Gasteiger partial charge in [0.2, 0.25) is 5.91 Å². The quantitative estimate of drug-likeness (QED) is 0.307.